The second-order valence-corrected chi connectivity index (χ2v) is 5.84. The summed E-state index contributed by atoms with van der Waals surface area (Å²) < 4.78 is 5.17. The molecule has 0 aliphatic heterocycles. The minimum absolute atomic E-state index is 0.184. The summed E-state index contributed by atoms with van der Waals surface area (Å²) >= 11 is 0. The summed E-state index contributed by atoms with van der Waals surface area (Å²) in [4.78, 5) is 12.9. The number of anilines is 1. The van der Waals surface area contributed by atoms with Crippen molar-refractivity contribution in [2.45, 2.75) is 25.7 Å². The van der Waals surface area contributed by atoms with Crippen molar-refractivity contribution >= 4 is 11.6 Å². The zero-order valence-corrected chi connectivity index (χ0v) is 14.7. The van der Waals surface area contributed by atoms with Gasteiger partial charge in [-0.15, -0.1) is 0 Å². The van der Waals surface area contributed by atoms with Gasteiger partial charge in [-0.05, 0) is 42.2 Å². The van der Waals surface area contributed by atoms with Crippen molar-refractivity contribution in [3.8, 4) is 5.75 Å². The first-order valence-electron chi connectivity index (χ1n) is 8.41. The van der Waals surface area contributed by atoms with Crippen LogP contribution >= 0.6 is 0 Å². The summed E-state index contributed by atoms with van der Waals surface area (Å²) in [7, 11) is 1.62. The number of hydrogen-bond acceptors (Lipinski definition) is 5. The Morgan fingerprint density at radius 1 is 1.19 bits per heavy atom. The summed E-state index contributed by atoms with van der Waals surface area (Å²) in [5, 5.41) is 17.8. The van der Waals surface area contributed by atoms with E-state index in [0.29, 0.717) is 12.2 Å². The number of amides is 1. The van der Waals surface area contributed by atoms with Gasteiger partial charge < -0.3 is 15.2 Å². The summed E-state index contributed by atoms with van der Waals surface area (Å²) in [6, 6.07) is 15.3. The van der Waals surface area contributed by atoms with Crippen LogP contribution in [0.1, 0.15) is 29.8 Å². The quantitative estimate of drug-likeness (QED) is 0.703. The SMILES string of the molecule is CCc1ccccc1NC(=O)[C@H](Cc1ccc(OC)cc1)c1nnn[n-]1. The maximum absolute atomic E-state index is 12.9. The lowest BCUT2D eigenvalue weighted by Gasteiger charge is -2.18. The van der Waals surface area contributed by atoms with Gasteiger partial charge in [0.2, 0.25) is 5.91 Å². The maximum Gasteiger partial charge on any atom is 0.232 e. The van der Waals surface area contributed by atoms with E-state index in [0.717, 1.165) is 29.0 Å². The van der Waals surface area contributed by atoms with Crippen molar-refractivity contribution in [1.29, 1.82) is 0 Å². The Hall–Kier alpha value is -3.22. The summed E-state index contributed by atoms with van der Waals surface area (Å²) in [6.45, 7) is 2.05. The second kappa shape index (κ2) is 8.24. The number of rotatable bonds is 7. The normalized spacial score (nSPS) is 11.8. The molecule has 0 unspecified atom stereocenters. The number of nitrogens with zero attached hydrogens (tertiary/aromatic N) is 4. The molecule has 2 aromatic carbocycles. The molecular formula is C19H20N5O2-. The number of carbonyl (C=O) groups excluding carboxylic acids is 1. The second-order valence-electron chi connectivity index (χ2n) is 5.84. The fourth-order valence-electron chi connectivity index (χ4n) is 2.76. The molecule has 134 valence electrons. The van der Waals surface area contributed by atoms with Crippen LogP contribution in [0.3, 0.4) is 0 Å². The largest absolute Gasteiger partial charge is 0.497 e. The Bertz CT molecular complexity index is 847. The van der Waals surface area contributed by atoms with E-state index in [9.17, 15) is 4.79 Å². The van der Waals surface area contributed by atoms with Crippen molar-refractivity contribution in [2.24, 2.45) is 0 Å². The molecule has 1 heterocycles. The summed E-state index contributed by atoms with van der Waals surface area (Å²) in [5.74, 6) is 0.312. The van der Waals surface area contributed by atoms with E-state index in [1.165, 1.54) is 0 Å². The van der Waals surface area contributed by atoms with Gasteiger partial charge in [0.15, 0.2) is 0 Å². The van der Waals surface area contributed by atoms with E-state index >= 15 is 0 Å². The fourth-order valence-corrected chi connectivity index (χ4v) is 2.76. The van der Waals surface area contributed by atoms with Crippen LogP contribution in [0.15, 0.2) is 48.5 Å². The zero-order valence-electron chi connectivity index (χ0n) is 14.7. The number of methoxy groups -OCH3 is 1. The first-order chi connectivity index (χ1) is 12.7. The Balaban J connectivity index is 1.82. The van der Waals surface area contributed by atoms with Gasteiger partial charge in [-0.25, -0.2) is 0 Å². The number of aryl methyl sites for hydroxylation is 1. The van der Waals surface area contributed by atoms with E-state index in [1.54, 1.807) is 7.11 Å². The molecule has 0 saturated heterocycles. The molecule has 0 spiro atoms. The van der Waals surface area contributed by atoms with Crippen molar-refractivity contribution in [1.82, 2.24) is 20.6 Å². The van der Waals surface area contributed by atoms with E-state index in [-0.39, 0.29) is 5.91 Å². The fraction of sp³-hybridized carbons (Fsp3) is 0.263. The molecule has 0 fully saturated rings. The number of hydrogen-bond donors (Lipinski definition) is 1. The average molecular weight is 350 g/mol. The lowest BCUT2D eigenvalue weighted by Crippen LogP contribution is -2.25. The minimum atomic E-state index is -0.580. The van der Waals surface area contributed by atoms with E-state index in [4.69, 9.17) is 4.74 Å². The van der Waals surface area contributed by atoms with Crippen molar-refractivity contribution in [2.75, 3.05) is 12.4 Å². The molecule has 0 bridgehead atoms. The van der Waals surface area contributed by atoms with Crippen LogP contribution in [0.4, 0.5) is 5.69 Å². The molecule has 3 aromatic rings. The minimum Gasteiger partial charge on any atom is -0.497 e. The molecule has 0 saturated carbocycles. The van der Waals surface area contributed by atoms with Crippen LogP contribution in [0.2, 0.25) is 0 Å². The van der Waals surface area contributed by atoms with Crippen molar-refractivity contribution in [3.05, 3.63) is 65.5 Å². The molecule has 7 heteroatoms. The van der Waals surface area contributed by atoms with Crippen LogP contribution in [0.25, 0.3) is 0 Å². The number of para-hydroxylation sites is 1. The monoisotopic (exact) mass is 350 g/mol. The Morgan fingerprint density at radius 3 is 2.62 bits per heavy atom. The number of aromatic nitrogens is 4. The van der Waals surface area contributed by atoms with Gasteiger partial charge in [0, 0.05) is 11.5 Å². The van der Waals surface area contributed by atoms with E-state index < -0.39 is 5.92 Å². The van der Waals surface area contributed by atoms with E-state index in [1.807, 2.05) is 55.5 Å². The van der Waals surface area contributed by atoms with Crippen LogP contribution in [-0.2, 0) is 17.6 Å². The van der Waals surface area contributed by atoms with Crippen LogP contribution < -0.4 is 15.2 Å². The number of nitrogens with one attached hydrogen (secondary N) is 1. The third-order valence-electron chi connectivity index (χ3n) is 4.22. The number of benzene rings is 2. The molecule has 0 aliphatic carbocycles. The third-order valence-corrected chi connectivity index (χ3v) is 4.22. The smallest absolute Gasteiger partial charge is 0.232 e. The average Bonchev–Trinajstić information content (AvgIpc) is 3.21. The summed E-state index contributed by atoms with van der Waals surface area (Å²) in [5.41, 5.74) is 2.84. The molecule has 1 atom stereocenters. The number of ether oxygens (including phenoxy) is 1. The molecule has 1 amide bonds. The maximum atomic E-state index is 12.9. The Labute approximate surface area is 151 Å². The molecule has 7 nitrogen and oxygen atoms in total. The lowest BCUT2D eigenvalue weighted by molar-refractivity contribution is -0.117. The van der Waals surface area contributed by atoms with Gasteiger partial charge in [0.25, 0.3) is 0 Å². The first kappa shape index (κ1) is 17.6. The topological polar surface area (TPSA) is 91.1 Å². The zero-order chi connectivity index (χ0) is 18.4. The highest BCUT2D eigenvalue weighted by molar-refractivity contribution is 5.96. The Kier molecular flexibility index (Phi) is 5.58. The van der Waals surface area contributed by atoms with Gasteiger partial charge in [-0.1, -0.05) is 37.3 Å². The first-order valence-corrected chi connectivity index (χ1v) is 8.41. The van der Waals surface area contributed by atoms with Crippen molar-refractivity contribution < 1.29 is 9.53 Å². The highest BCUT2D eigenvalue weighted by Gasteiger charge is 2.21. The molecule has 26 heavy (non-hydrogen) atoms. The lowest BCUT2D eigenvalue weighted by atomic mass is 9.97. The van der Waals surface area contributed by atoms with E-state index in [2.05, 4.69) is 25.9 Å². The van der Waals surface area contributed by atoms with Gasteiger partial charge in [-0.3, -0.25) is 15.1 Å². The molecule has 3 rings (SSSR count). The molecule has 1 N–H and O–H groups in total. The highest BCUT2D eigenvalue weighted by atomic mass is 16.5. The highest BCUT2D eigenvalue weighted by Crippen LogP contribution is 2.23. The van der Waals surface area contributed by atoms with Gasteiger partial charge in [-0.2, -0.15) is 5.21 Å². The molecule has 0 radical (unpaired) electrons. The van der Waals surface area contributed by atoms with Crippen LogP contribution in [0, 0.1) is 0 Å². The third kappa shape index (κ3) is 4.05. The van der Waals surface area contributed by atoms with Crippen LogP contribution in [-0.4, -0.2) is 28.5 Å². The molecule has 1 aromatic heterocycles. The predicted molar refractivity (Wildman–Crippen MR) is 97.0 cm³/mol. The standard InChI is InChI=1S/C19H21N5O2/c1-3-14-6-4-5-7-17(14)20-19(25)16(18-21-23-24-22-18)12-13-8-10-15(26-2)11-9-13/h4-11,16H,3,12H2,1-2H3,(H2,20,21,22,23,24,25)/p-1/t16-/m1/s1. The van der Waals surface area contributed by atoms with Gasteiger partial charge in [0.1, 0.15) is 5.75 Å². The van der Waals surface area contributed by atoms with Crippen molar-refractivity contribution in [3.63, 3.8) is 0 Å². The van der Waals surface area contributed by atoms with Gasteiger partial charge >= 0.3 is 0 Å². The number of tetrazole rings is 1. The molecular weight excluding hydrogens is 330 g/mol. The van der Waals surface area contributed by atoms with Crippen LogP contribution in [0.5, 0.6) is 5.75 Å². The Morgan fingerprint density at radius 2 is 1.96 bits per heavy atom. The summed E-state index contributed by atoms with van der Waals surface area (Å²) in [6.07, 6.45) is 1.27. The molecule has 0 aliphatic rings. The van der Waals surface area contributed by atoms with Gasteiger partial charge in [0.05, 0.1) is 13.0 Å². The number of carbonyl (C=O) groups is 1. The predicted octanol–water partition coefficient (Wildman–Crippen LogP) is 2.36.